The van der Waals surface area contributed by atoms with Crippen LogP contribution in [0.4, 0.5) is 11.9 Å². The van der Waals surface area contributed by atoms with Crippen LogP contribution in [0, 0.1) is 0 Å². The number of anilines is 2. The van der Waals surface area contributed by atoms with Crippen LogP contribution in [0.1, 0.15) is 13.8 Å². The first-order valence-electron chi connectivity index (χ1n) is 5.55. The number of nitrogens with two attached hydrogens (primary N) is 1. The summed E-state index contributed by atoms with van der Waals surface area (Å²) in [6.45, 7) is 4.10. The van der Waals surface area contributed by atoms with Gasteiger partial charge in [0, 0.05) is 25.5 Å². The van der Waals surface area contributed by atoms with E-state index in [2.05, 4.69) is 39.2 Å². The van der Waals surface area contributed by atoms with Crippen molar-refractivity contribution in [2.75, 3.05) is 17.4 Å². The zero-order valence-corrected chi connectivity index (χ0v) is 10.6. The first kappa shape index (κ1) is 12.2. The number of imidazole rings is 1. The van der Waals surface area contributed by atoms with Crippen LogP contribution in [0.25, 0.3) is 5.95 Å². The van der Waals surface area contributed by atoms with E-state index in [0.29, 0.717) is 17.8 Å². The van der Waals surface area contributed by atoms with Crippen LogP contribution in [-0.4, -0.2) is 37.6 Å². The van der Waals surface area contributed by atoms with Crippen molar-refractivity contribution in [1.82, 2.24) is 24.5 Å². The number of nitrogens with one attached hydrogen (secondary N) is 1. The van der Waals surface area contributed by atoms with Crippen LogP contribution >= 0.6 is 0 Å². The van der Waals surface area contributed by atoms with Crippen LogP contribution in [-0.2, 0) is 0 Å². The number of nitrogens with zero attached hydrogens (tertiary/aromatic N) is 6. The summed E-state index contributed by atoms with van der Waals surface area (Å²) in [6, 6.07) is 0.272. The third kappa shape index (κ3) is 2.38. The Kier molecular flexibility index (Phi) is 3.38. The van der Waals surface area contributed by atoms with Gasteiger partial charge in [-0.2, -0.15) is 15.0 Å². The summed E-state index contributed by atoms with van der Waals surface area (Å²) in [5.41, 5.74) is 2.44. The molecule has 8 heteroatoms. The fourth-order valence-electron chi connectivity index (χ4n) is 1.30. The normalized spacial score (nSPS) is 10.7. The summed E-state index contributed by atoms with van der Waals surface area (Å²) in [7, 11) is 1.91. The molecule has 2 aromatic heterocycles. The number of aromatic nitrogens is 5. The molecule has 2 aromatic rings. The van der Waals surface area contributed by atoms with Crippen molar-refractivity contribution in [3.63, 3.8) is 0 Å². The molecule has 0 spiro atoms. The highest BCUT2D eigenvalue weighted by molar-refractivity contribution is 5.39. The van der Waals surface area contributed by atoms with Crippen molar-refractivity contribution in [3.8, 4) is 5.95 Å². The fourth-order valence-corrected chi connectivity index (χ4v) is 1.30. The molecular formula is C10H16N8. The van der Waals surface area contributed by atoms with Crippen LogP contribution in [0.15, 0.2) is 18.7 Å². The molecule has 0 atom stereocenters. The summed E-state index contributed by atoms with van der Waals surface area (Å²) in [6.07, 6.45) is 5.04. The maximum atomic E-state index is 5.37. The standard InChI is InChI=1S/C10H16N8/c1-7(2)17(3)9-13-8(16-11)14-10(15-9)18-5-4-12-6-18/h4-7H,11H2,1-3H3,(H,13,14,15,16). The van der Waals surface area contributed by atoms with Gasteiger partial charge in [-0.1, -0.05) is 0 Å². The van der Waals surface area contributed by atoms with Crippen LogP contribution in [0.2, 0.25) is 0 Å². The Balaban J connectivity index is 2.45. The van der Waals surface area contributed by atoms with Crippen molar-refractivity contribution < 1.29 is 0 Å². The minimum absolute atomic E-state index is 0.272. The molecular weight excluding hydrogens is 232 g/mol. The molecule has 3 N–H and O–H groups in total. The lowest BCUT2D eigenvalue weighted by molar-refractivity contribution is 0.720. The van der Waals surface area contributed by atoms with E-state index in [9.17, 15) is 0 Å². The van der Waals surface area contributed by atoms with Crippen molar-refractivity contribution in [2.24, 2.45) is 5.84 Å². The maximum Gasteiger partial charge on any atom is 0.243 e. The lowest BCUT2D eigenvalue weighted by atomic mass is 10.4. The summed E-state index contributed by atoms with van der Waals surface area (Å²) in [5.74, 6) is 6.71. The number of hydrogen-bond donors (Lipinski definition) is 2. The fraction of sp³-hybridized carbons (Fsp3) is 0.400. The molecule has 0 unspecified atom stereocenters. The molecule has 0 saturated heterocycles. The van der Waals surface area contributed by atoms with E-state index in [1.165, 1.54) is 0 Å². The second-order valence-electron chi connectivity index (χ2n) is 4.08. The summed E-state index contributed by atoms with van der Waals surface area (Å²) in [4.78, 5) is 18.7. The van der Waals surface area contributed by atoms with Crippen molar-refractivity contribution in [3.05, 3.63) is 18.7 Å². The molecule has 0 bridgehead atoms. The van der Waals surface area contributed by atoms with Gasteiger partial charge < -0.3 is 4.90 Å². The second-order valence-corrected chi connectivity index (χ2v) is 4.08. The van der Waals surface area contributed by atoms with Gasteiger partial charge in [-0.05, 0) is 13.8 Å². The van der Waals surface area contributed by atoms with Gasteiger partial charge in [-0.15, -0.1) is 0 Å². The molecule has 8 nitrogen and oxygen atoms in total. The van der Waals surface area contributed by atoms with Gasteiger partial charge in [0.15, 0.2) is 0 Å². The maximum absolute atomic E-state index is 5.37. The zero-order chi connectivity index (χ0) is 13.1. The molecule has 96 valence electrons. The lowest BCUT2D eigenvalue weighted by Crippen LogP contribution is -2.29. The lowest BCUT2D eigenvalue weighted by Gasteiger charge is -2.21. The minimum atomic E-state index is 0.272. The molecule has 2 heterocycles. The molecule has 0 aliphatic carbocycles. The average Bonchev–Trinajstić information content (AvgIpc) is 2.91. The highest BCUT2D eigenvalue weighted by Crippen LogP contribution is 2.13. The third-order valence-electron chi connectivity index (χ3n) is 2.57. The molecule has 0 aromatic carbocycles. The zero-order valence-electron chi connectivity index (χ0n) is 10.6. The molecule has 0 aliphatic heterocycles. The van der Waals surface area contributed by atoms with Gasteiger partial charge in [0.05, 0.1) is 0 Å². The summed E-state index contributed by atoms with van der Waals surface area (Å²) >= 11 is 0. The van der Waals surface area contributed by atoms with E-state index in [1.54, 1.807) is 23.3 Å². The molecule has 0 amide bonds. The highest BCUT2D eigenvalue weighted by atomic mass is 15.4. The number of hydrogen-bond acceptors (Lipinski definition) is 7. The van der Waals surface area contributed by atoms with Gasteiger partial charge in [-0.25, -0.2) is 10.8 Å². The molecule has 0 saturated carbocycles. The summed E-state index contributed by atoms with van der Waals surface area (Å²) < 4.78 is 1.69. The number of rotatable bonds is 4. The predicted molar refractivity (Wildman–Crippen MR) is 68.3 cm³/mol. The van der Waals surface area contributed by atoms with E-state index < -0.39 is 0 Å². The Hall–Kier alpha value is -2.22. The number of hydrazine groups is 1. The highest BCUT2D eigenvalue weighted by Gasteiger charge is 2.13. The van der Waals surface area contributed by atoms with Crippen molar-refractivity contribution in [1.29, 1.82) is 0 Å². The second kappa shape index (κ2) is 4.96. The molecule has 18 heavy (non-hydrogen) atoms. The van der Waals surface area contributed by atoms with E-state index in [4.69, 9.17) is 5.84 Å². The van der Waals surface area contributed by atoms with E-state index in [-0.39, 0.29) is 6.04 Å². The van der Waals surface area contributed by atoms with Gasteiger partial charge in [0.1, 0.15) is 6.33 Å². The largest absolute Gasteiger partial charge is 0.341 e. The van der Waals surface area contributed by atoms with Crippen LogP contribution in [0.3, 0.4) is 0 Å². The smallest absolute Gasteiger partial charge is 0.243 e. The van der Waals surface area contributed by atoms with Gasteiger partial charge in [0.2, 0.25) is 17.8 Å². The van der Waals surface area contributed by atoms with Crippen molar-refractivity contribution in [2.45, 2.75) is 19.9 Å². The van der Waals surface area contributed by atoms with E-state index in [1.807, 2.05) is 11.9 Å². The Morgan fingerprint density at radius 2 is 2.11 bits per heavy atom. The van der Waals surface area contributed by atoms with E-state index in [0.717, 1.165) is 0 Å². The quantitative estimate of drug-likeness (QED) is 0.588. The van der Waals surface area contributed by atoms with E-state index >= 15 is 0 Å². The Morgan fingerprint density at radius 1 is 1.33 bits per heavy atom. The first-order valence-corrected chi connectivity index (χ1v) is 5.55. The average molecular weight is 248 g/mol. The summed E-state index contributed by atoms with van der Waals surface area (Å²) in [5, 5.41) is 0. The minimum Gasteiger partial charge on any atom is -0.341 e. The Morgan fingerprint density at radius 3 is 2.67 bits per heavy atom. The number of nitrogen functional groups attached to an aromatic ring is 1. The van der Waals surface area contributed by atoms with Crippen LogP contribution in [0.5, 0.6) is 0 Å². The van der Waals surface area contributed by atoms with Gasteiger partial charge >= 0.3 is 0 Å². The topological polar surface area (TPSA) is 97.8 Å². The van der Waals surface area contributed by atoms with Gasteiger partial charge in [0.25, 0.3) is 0 Å². The Bertz CT molecular complexity index is 507. The SMILES string of the molecule is CC(C)N(C)c1nc(NN)nc(-n2ccnc2)n1. The monoisotopic (exact) mass is 248 g/mol. The molecule has 0 aliphatic rings. The third-order valence-corrected chi connectivity index (χ3v) is 2.57. The first-order chi connectivity index (χ1) is 8.61. The Labute approximate surface area is 105 Å². The molecule has 2 rings (SSSR count). The predicted octanol–water partition coefficient (Wildman–Crippen LogP) is 0.187. The molecule has 0 fully saturated rings. The van der Waals surface area contributed by atoms with Crippen LogP contribution < -0.4 is 16.2 Å². The van der Waals surface area contributed by atoms with Gasteiger partial charge in [-0.3, -0.25) is 9.99 Å². The molecule has 0 radical (unpaired) electrons. The van der Waals surface area contributed by atoms with Crippen molar-refractivity contribution >= 4 is 11.9 Å².